The lowest BCUT2D eigenvalue weighted by Crippen LogP contribution is -2.55. The van der Waals surface area contributed by atoms with Crippen LogP contribution in [0.1, 0.15) is 23.7 Å². The van der Waals surface area contributed by atoms with Gasteiger partial charge >= 0.3 is 0 Å². The zero-order valence-electron chi connectivity index (χ0n) is 18.0. The van der Waals surface area contributed by atoms with Crippen LogP contribution in [0.4, 0.5) is 0 Å². The van der Waals surface area contributed by atoms with E-state index in [1.165, 1.54) is 12.4 Å². The average Bonchev–Trinajstić information content (AvgIpc) is 3.25. The fraction of sp³-hybridized carbons (Fsp3) is 0.348. The number of amides is 3. The highest BCUT2D eigenvalue weighted by molar-refractivity contribution is 5.97. The highest BCUT2D eigenvalue weighted by Crippen LogP contribution is 2.15. The van der Waals surface area contributed by atoms with E-state index in [1.807, 2.05) is 22.9 Å². The predicted molar refractivity (Wildman–Crippen MR) is 119 cm³/mol. The summed E-state index contributed by atoms with van der Waals surface area (Å²) in [6, 6.07) is 6.52. The molecule has 9 heteroatoms. The number of aromatic nitrogens is 3. The number of carbonyl (C=O) groups excluding carboxylic acids is 3. The zero-order valence-corrected chi connectivity index (χ0v) is 18.0. The Balaban J connectivity index is 1.24. The van der Waals surface area contributed by atoms with Crippen molar-refractivity contribution in [3.05, 3.63) is 60.8 Å². The topological polar surface area (TPSA) is 100 Å². The summed E-state index contributed by atoms with van der Waals surface area (Å²) in [5.41, 5.74) is 1.47. The van der Waals surface area contributed by atoms with Crippen molar-refractivity contribution in [2.75, 3.05) is 26.2 Å². The molecule has 1 unspecified atom stereocenters. The summed E-state index contributed by atoms with van der Waals surface area (Å²) in [7, 11) is 0. The molecule has 0 spiro atoms. The predicted octanol–water partition coefficient (Wildman–Crippen LogP) is 1.31. The molecule has 0 bridgehead atoms. The van der Waals surface area contributed by atoms with Crippen LogP contribution in [0.25, 0.3) is 10.9 Å². The molecule has 32 heavy (non-hydrogen) atoms. The Morgan fingerprint density at radius 1 is 0.969 bits per heavy atom. The van der Waals surface area contributed by atoms with E-state index >= 15 is 0 Å². The molecule has 1 aliphatic rings. The lowest BCUT2D eigenvalue weighted by atomic mass is 10.2. The van der Waals surface area contributed by atoms with Crippen LogP contribution in [0.15, 0.2) is 55.2 Å². The lowest BCUT2D eigenvalue weighted by Gasteiger charge is -2.36. The summed E-state index contributed by atoms with van der Waals surface area (Å²) < 4.78 is 2.03. The van der Waals surface area contributed by atoms with Crippen LogP contribution in [0.5, 0.6) is 0 Å². The first-order chi connectivity index (χ1) is 15.5. The maximum absolute atomic E-state index is 12.7. The summed E-state index contributed by atoms with van der Waals surface area (Å²) in [5, 5.41) is 3.83. The first-order valence-electron chi connectivity index (χ1n) is 10.7. The third-order valence-corrected chi connectivity index (χ3v) is 5.75. The molecule has 9 nitrogen and oxygen atoms in total. The molecule has 1 aliphatic heterocycles. The van der Waals surface area contributed by atoms with Crippen molar-refractivity contribution in [1.29, 1.82) is 0 Å². The van der Waals surface area contributed by atoms with Crippen LogP contribution in [0, 0.1) is 0 Å². The Morgan fingerprint density at radius 3 is 2.41 bits per heavy atom. The van der Waals surface area contributed by atoms with Crippen molar-refractivity contribution in [1.82, 2.24) is 29.7 Å². The van der Waals surface area contributed by atoms with Gasteiger partial charge in [-0.3, -0.25) is 24.4 Å². The SMILES string of the molecule is CC(NC(=O)c1ccncc1)C(=O)N1CCN(C(=O)CCn2ccc3ccncc32)CC1. The summed E-state index contributed by atoms with van der Waals surface area (Å²) in [5.74, 6) is -0.387. The highest BCUT2D eigenvalue weighted by Gasteiger charge is 2.27. The summed E-state index contributed by atoms with van der Waals surface area (Å²) in [4.78, 5) is 49.2. The monoisotopic (exact) mass is 434 g/mol. The van der Waals surface area contributed by atoms with Crippen molar-refractivity contribution in [3.63, 3.8) is 0 Å². The smallest absolute Gasteiger partial charge is 0.252 e. The number of hydrogen-bond donors (Lipinski definition) is 1. The van der Waals surface area contributed by atoms with Gasteiger partial charge < -0.3 is 19.7 Å². The second kappa shape index (κ2) is 9.59. The van der Waals surface area contributed by atoms with E-state index in [0.29, 0.717) is 44.7 Å². The zero-order chi connectivity index (χ0) is 22.5. The molecule has 166 valence electrons. The molecule has 1 saturated heterocycles. The summed E-state index contributed by atoms with van der Waals surface area (Å²) in [6.45, 7) is 4.15. The van der Waals surface area contributed by atoms with E-state index in [0.717, 1.165) is 10.9 Å². The van der Waals surface area contributed by atoms with E-state index < -0.39 is 6.04 Å². The Bertz CT molecular complexity index is 1110. The summed E-state index contributed by atoms with van der Waals surface area (Å²) >= 11 is 0. The van der Waals surface area contributed by atoms with Gasteiger partial charge in [-0.2, -0.15) is 0 Å². The van der Waals surface area contributed by atoms with Crippen LogP contribution < -0.4 is 5.32 Å². The van der Waals surface area contributed by atoms with Gasteiger partial charge in [0, 0.05) is 74.9 Å². The second-order valence-electron chi connectivity index (χ2n) is 7.83. The van der Waals surface area contributed by atoms with Gasteiger partial charge in [-0.15, -0.1) is 0 Å². The molecule has 0 aliphatic carbocycles. The molecule has 0 radical (unpaired) electrons. The van der Waals surface area contributed by atoms with Crippen LogP contribution >= 0.6 is 0 Å². The van der Waals surface area contributed by atoms with Crippen LogP contribution in [0.3, 0.4) is 0 Å². The van der Waals surface area contributed by atoms with E-state index in [1.54, 1.807) is 41.2 Å². The standard InChI is InChI=1S/C23H26N6O3/c1-17(26-22(31)19-3-7-24-8-4-19)23(32)29-14-12-28(13-15-29)21(30)6-11-27-10-5-18-2-9-25-16-20(18)27/h2-5,7-10,16-17H,6,11-15H2,1H3,(H,26,31). The number of rotatable bonds is 6. The number of piperazine rings is 1. The van der Waals surface area contributed by atoms with E-state index in [-0.39, 0.29) is 17.7 Å². The number of hydrogen-bond acceptors (Lipinski definition) is 5. The number of nitrogens with zero attached hydrogens (tertiary/aromatic N) is 5. The van der Waals surface area contributed by atoms with Crippen molar-refractivity contribution >= 4 is 28.6 Å². The van der Waals surface area contributed by atoms with Gasteiger partial charge in [0.1, 0.15) is 6.04 Å². The number of fused-ring (bicyclic) bond motifs is 1. The van der Waals surface area contributed by atoms with Crippen molar-refractivity contribution in [2.24, 2.45) is 0 Å². The third-order valence-electron chi connectivity index (χ3n) is 5.75. The van der Waals surface area contributed by atoms with E-state index in [4.69, 9.17) is 0 Å². The number of nitrogens with one attached hydrogen (secondary N) is 1. The van der Waals surface area contributed by atoms with Crippen molar-refractivity contribution in [3.8, 4) is 0 Å². The average molecular weight is 435 g/mol. The molecule has 4 rings (SSSR count). The van der Waals surface area contributed by atoms with Crippen LogP contribution in [-0.2, 0) is 16.1 Å². The fourth-order valence-corrected chi connectivity index (χ4v) is 3.89. The minimum Gasteiger partial charge on any atom is -0.346 e. The Kier molecular flexibility index (Phi) is 6.44. The normalized spacial score (nSPS) is 14.9. The molecule has 3 aromatic heterocycles. The largest absolute Gasteiger partial charge is 0.346 e. The highest BCUT2D eigenvalue weighted by atomic mass is 16.2. The van der Waals surface area contributed by atoms with Gasteiger partial charge in [-0.05, 0) is 31.2 Å². The van der Waals surface area contributed by atoms with Gasteiger partial charge in [0.25, 0.3) is 5.91 Å². The molecule has 1 fully saturated rings. The lowest BCUT2D eigenvalue weighted by molar-refractivity contribution is -0.140. The molecule has 1 atom stereocenters. The van der Waals surface area contributed by atoms with Gasteiger partial charge in [0.15, 0.2) is 0 Å². The quantitative estimate of drug-likeness (QED) is 0.631. The van der Waals surface area contributed by atoms with Gasteiger partial charge in [-0.25, -0.2) is 0 Å². The van der Waals surface area contributed by atoms with Crippen molar-refractivity contribution in [2.45, 2.75) is 25.9 Å². The molecule has 3 amide bonds. The second-order valence-corrected chi connectivity index (χ2v) is 7.83. The molecular weight excluding hydrogens is 408 g/mol. The van der Waals surface area contributed by atoms with E-state index in [9.17, 15) is 14.4 Å². The molecule has 0 aromatic carbocycles. The Hall–Kier alpha value is -3.75. The first-order valence-corrected chi connectivity index (χ1v) is 10.7. The molecule has 0 saturated carbocycles. The Labute approximate surface area is 186 Å². The maximum atomic E-state index is 12.7. The minimum absolute atomic E-state index is 0.0712. The van der Waals surface area contributed by atoms with Gasteiger partial charge in [-0.1, -0.05) is 0 Å². The molecular formula is C23H26N6O3. The molecule has 3 aromatic rings. The van der Waals surface area contributed by atoms with Gasteiger partial charge in [0.05, 0.1) is 11.7 Å². The van der Waals surface area contributed by atoms with Crippen LogP contribution in [-0.4, -0.2) is 74.3 Å². The number of carbonyl (C=O) groups is 3. The maximum Gasteiger partial charge on any atom is 0.252 e. The van der Waals surface area contributed by atoms with Crippen molar-refractivity contribution < 1.29 is 14.4 Å². The van der Waals surface area contributed by atoms with E-state index in [2.05, 4.69) is 15.3 Å². The number of pyridine rings is 2. The fourth-order valence-electron chi connectivity index (χ4n) is 3.89. The van der Waals surface area contributed by atoms with Gasteiger partial charge in [0.2, 0.25) is 11.8 Å². The first kappa shape index (κ1) is 21.5. The Morgan fingerprint density at radius 2 is 1.66 bits per heavy atom. The third kappa shape index (κ3) is 4.77. The molecule has 4 heterocycles. The molecule has 1 N–H and O–H groups in total. The summed E-state index contributed by atoms with van der Waals surface area (Å²) in [6.07, 6.45) is 8.99. The van der Waals surface area contributed by atoms with Crippen LogP contribution in [0.2, 0.25) is 0 Å². The minimum atomic E-state index is -0.645. The number of aryl methyl sites for hydroxylation is 1.